The van der Waals surface area contributed by atoms with E-state index < -0.39 is 15.6 Å². The Hall–Kier alpha value is -0.720. The highest BCUT2D eigenvalue weighted by atomic mass is 79.9. The van der Waals surface area contributed by atoms with Gasteiger partial charge in [0.25, 0.3) is 0 Å². The third-order valence-electron chi connectivity index (χ3n) is 1.83. The Labute approximate surface area is 110 Å². The largest absolute Gasteiger partial charge is 0.298 e. The van der Waals surface area contributed by atoms with Gasteiger partial charge in [-0.3, -0.25) is 4.79 Å². The lowest BCUT2D eigenvalue weighted by Crippen LogP contribution is -2.40. The van der Waals surface area contributed by atoms with Crippen LogP contribution in [0.25, 0.3) is 0 Å². The fourth-order valence-corrected chi connectivity index (χ4v) is 3.43. The Morgan fingerprint density at radius 3 is 2.35 bits per heavy atom. The molecule has 0 amide bonds. The van der Waals surface area contributed by atoms with Gasteiger partial charge in [-0.1, -0.05) is 15.9 Å². The summed E-state index contributed by atoms with van der Waals surface area (Å²) >= 11 is 3.19. The lowest BCUT2D eigenvalue weighted by Gasteiger charge is -2.21. The zero-order valence-corrected chi connectivity index (χ0v) is 12.2. The fourth-order valence-electron chi connectivity index (χ4n) is 1.30. The molecule has 0 aliphatic heterocycles. The first-order valence-electron chi connectivity index (χ1n) is 4.94. The van der Waals surface area contributed by atoms with Crippen LogP contribution in [-0.2, 0) is 10.0 Å². The first kappa shape index (κ1) is 14.3. The molecule has 0 saturated heterocycles. The molecule has 0 saturated carbocycles. The summed E-state index contributed by atoms with van der Waals surface area (Å²) in [6.07, 6.45) is 0.531. The van der Waals surface area contributed by atoms with Gasteiger partial charge in [-0.05, 0) is 39.0 Å². The highest BCUT2D eigenvalue weighted by Gasteiger charge is 2.24. The Morgan fingerprint density at radius 2 is 1.88 bits per heavy atom. The maximum Gasteiger partial charge on any atom is 0.241 e. The SMILES string of the molecule is CC(C)(C)NS(=O)(=O)c1cc(Br)ccc1C=O. The normalized spacial score (nSPS) is 12.5. The average Bonchev–Trinajstić information content (AvgIpc) is 2.14. The van der Waals surface area contributed by atoms with Crippen molar-refractivity contribution in [1.82, 2.24) is 4.72 Å². The number of hydrogen-bond donors (Lipinski definition) is 1. The molecular formula is C11H14BrNO3S. The molecule has 4 nitrogen and oxygen atoms in total. The summed E-state index contributed by atoms with van der Waals surface area (Å²) in [6, 6.07) is 4.51. The second-order valence-corrected chi connectivity index (χ2v) is 7.22. The van der Waals surface area contributed by atoms with Gasteiger partial charge in [0, 0.05) is 15.6 Å². The summed E-state index contributed by atoms with van der Waals surface area (Å²) in [6.45, 7) is 5.22. The van der Waals surface area contributed by atoms with E-state index in [-0.39, 0.29) is 10.5 Å². The number of rotatable bonds is 3. The number of nitrogens with one attached hydrogen (secondary N) is 1. The summed E-state index contributed by atoms with van der Waals surface area (Å²) in [5.41, 5.74) is -0.452. The average molecular weight is 320 g/mol. The summed E-state index contributed by atoms with van der Waals surface area (Å²) in [7, 11) is -3.69. The van der Waals surface area contributed by atoms with Gasteiger partial charge in [0.2, 0.25) is 10.0 Å². The Balaban J connectivity index is 3.32. The van der Waals surface area contributed by atoms with E-state index in [1.807, 2.05) is 0 Å². The van der Waals surface area contributed by atoms with Crippen LogP contribution in [0.4, 0.5) is 0 Å². The highest BCUT2D eigenvalue weighted by Crippen LogP contribution is 2.21. The molecule has 1 aromatic rings. The number of aldehydes is 1. The fraction of sp³-hybridized carbons (Fsp3) is 0.364. The number of carbonyl (C=O) groups excluding carboxylic acids is 1. The topological polar surface area (TPSA) is 63.2 Å². The molecule has 0 heterocycles. The minimum atomic E-state index is -3.69. The molecule has 1 aromatic carbocycles. The third kappa shape index (κ3) is 3.90. The zero-order valence-electron chi connectivity index (χ0n) is 9.82. The highest BCUT2D eigenvalue weighted by molar-refractivity contribution is 9.10. The van der Waals surface area contributed by atoms with Crippen molar-refractivity contribution >= 4 is 32.2 Å². The van der Waals surface area contributed by atoms with Crippen molar-refractivity contribution < 1.29 is 13.2 Å². The summed E-state index contributed by atoms with van der Waals surface area (Å²) in [5, 5.41) is 0. The maximum atomic E-state index is 12.1. The van der Waals surface area contributed by atoms with Crippen LogP contribution in [0.1, 0.15) is 31.1 Å². The molecule has 0 aliphatic rings. The molecule has 0 atom stereocenters. The van der Waals surface area contributed by atoms with E-state index in [4.69, 9.17) is 0 Å². The monoisotopic (exact) mass is 319 g/mol. The van der Waals surface area contributed by atoms with Crippen LogP contribution < -0.4 is 4.72 Å². The van der Waals surface area contributed by atoms with Crippen molar-refractivity contribution in [3.8, 4) is 0 Å². The standard InChI is InChI=1S/C11H14BrNO3S/c1-11(2,3)13-17(15,16)10-6-9(12)5-4-8(10)7-14/h4-7,13H,1-3H3. The first-order valence-corrected chi connectivity index (χ1v) is 7.22. The van der Waals surface area contributed by atoms with Gasteiger partial charge in [0.05, 0.1) is 4.90 Å². The molecule has 0 aliphatic carbocycles. The number of hydrogen-bond acceptors (Lipinski definition) is 3. The molecule has 94 valence electrons. The van der Waals surface area contributed by atoms with E-state index in [1.165, 1.54) is 12.1 Å². The van der Waals surface area contributed by atoms with Crippen LogP contribution in [-0.4, -0.2) is 20.2 Å². The second kappa shape index (κ2) is 4.88. The Kier molecular flexibility index (Phi) is 4.11. The minimum Gasteiger partial charge on any atom is -0.298 e. The van der Waals surface area contributed by atoms with Gasteiger partial charge < -0.3 is 0 Å². The van der Waals surface area contributed by atoms with Gasteiger partial charge >= 0.3 is 0 Å². The number of benzene rings is 1. The van der Waals surface area contributed by atoms with Crippen LogP contribution in [0.5, 0.6) is 0 Å². The molecule has 0 fully saturated rings. The van der Waals surface area contributed by atoms with E-state index in [0.717, 1.165) is 0 Å². The summed E-state index contributed by atoms with van der Waals surface area (Å²) in [4.78, 5) is 10.8. The number of halogens is 1. The second-order valence-electron chi connectivity index (χ2n) is 4.66. The van der Waals surface area contributed by atoms with Crippen molar-refractivity contribution in [2.75, 3.05) is 0 Å². The molecule has 0 aromatic heterocycles. The van der Waals surface area contributed by atoms with E-state index in [0.29, 0.717) is 10.8 Å². The van der Waals surface area contributed by atoms with Crippen molar-refractivity contribution in [3.05, 3.63) is 28.2 Å². The van der Waals surface area contributed by atoms with Gasteiger partial charge in [-0.15, -0.1) is 0 Å². The Morgan fingerprint density at radius 1 is 1.29 bits per heavy atom. The van der Waals surface area contributed by atoms with Gasteiger partial charge in [-0.2, -0.15) is 0 Å². The molecule has 0 spiro atoms. The van der Waals surface area contributed by atoms with E-state index in [1.54, 1.807) is 26.8 Å². The zero-order chi connectivity index (χ0) is 13.3. The minimum absolute atomic E-state index is 0.0169. The van der Waals surface area contributed by atoms with Crippen LogP contribution in [0.2, 0.25) is 0 Å². The van der Waals surface area contributed by atoms with E-state index in [9.17, 15) is 13.2 Å². The molecule has 1 N–H and O–H groups in total. The molecule has 6 heteroatoms. The Bertz CT molecular complexity index is 532. The van der Waals surface area contributed by atoms with Gasteiger partial charge in [0.1, 0.15) is 0 Å². The smallest absolute Gasteiger partial charge is 0.241 e. The molecule has 1 rings (SSSR count). The quantitative estimate of drug-likeness (QED) is 0.870. The van der Waals surface area contributed by atoms with Gasteiger partial charge in [0.15, 0.2) is 6.29 Å². The molecular weight excluding hydrogens is 306 g/mol. The first-order chi connectivity index (χ1) is 7.65. The third-order valence-corrected chi connectivity index (χ3v) is 4.14. The predicted molar refractivity (Wildman–Crippen MR) is 69.6 cm³/mol. The van der Waals surface area contributed by atoms with Crippen LogP contribution in [0, 0.1) is 0 Å². The van der Waals surface area contributed by atoms with Crippen molar-refractivity contribution in [3.63, 3.8) is 0 Å². The van der Waals surface area contributed by atoms with Crippen LogP contribution in [0.3, 0.4) is 0 Å². The molecule has 0 unspecified atom stereocenters. The molecule has 0 bridgehead atoms. The van der Waals surface area contributed by atoms with Crippen LogP contribution >= 0.6 is 15.9 Å². The van der Waals surface area contributed by atoms with Crippen molar-refractivity contribution in [2.45, 2.75) is 31.2 Å². The van der Waals surface area contributed by atoms with E-state index >= 15 is 0 Å². The van der Waals surface area contributed by atoms with E-state index in [2.05, 4.69) is 20.7 Å². The lowest BCUT2D eigenvalue weighted by molar-refractivity contribution is 0.112. The summed E-state index contributed by atoms with van der Waals surface area (Å²) in [5.74, 6) is 0. The molecule has 17 heavy (non-hydrogen) atoms. The van der Waals surface area contributed by atoms with Crippen molar-refractivity contribution in [1.29, 1.82) is 0 Å². The number of sulfonamides is 1. The summed E-state index contributed by atoms with van der Waals surface area (Å²) < 4.78 is 27.3. The van der Waals surface area contributed by atoms with Crippen molar-refractivity contribution in [2.24, 2.45) is 0 Å². The maximum absolute atomic E-state index is 12.1. The lowest BCUT2D eigenvalue weighted by atomic mass is 10.1. The van der Waals surface area contributed by atoms with Crippen LogP contribution in [0.15, 0.2) is 27.6 Å². The predicted octanol–water partition coefficient (Wildman–Crippen LogP) is 2.34. The number of carbonyl (C=O) groups is 1. The molecule has 0 radical (unpaired) electrons. The van der Waals surface area contributed by atoms with Gasteiger partial charge in [-0.25, -0.2) is 13.1 Å².